The zero-order chi connectivity index (χ0) is 25.0. The van der Waals surface area contributed by atoms with Crippen molar-refractivity contribution in [1.82, 2.24) is 9.88 Å². The van der Waals surface area contributed by atoms with Gasteiger partial charge in [0, 0.05) is 33.3 Å². The van der Waals surface area contributed by atoms with Gasteiger partial charge in [0.1, 0.15) is 0 Å². The Hall–Kier alpha value is -2.69. The number of methoxy groups -OCH3 is 1. The molecule has 0 N–H and O–H groups in total. The van der Waals surface area contributed by atoms with Crippen molar-refractivity contribution in [3.05, 3.63) is 59.2 Å². The lowest BCUT2D eigenvalue weighted by molar-refractivity contribution is -0.142. The van der Waals surface area contributed by atoms with Crippen molar-refractivity contribution in [2.24, 2.45) is 0 Å². The van der Waals surface area contributed by atoms with E-state index < -0.39 is 11.7 Å². The van der Waals surface area contributed by atoms with Crippen LogP contribution >= 0.6 is 11.3 Å². The number of thiazole rings is 1. The van der Waals surface area contributed by atoms with Crippen molar-refractivity contribution in [1.29, 1.82) is 0 Å². The number of esters is 1. The fraction of sp³-hybridized carbons (Fsp3) is 0.440. The van der Waals surface area contributed by atoms with E-state index in [0.29, 0.717) is 35.1 Å². The number of halogens is 3. The van der Waals surface area contributed by atoms with Gasteiger partial charge in [0.15, 0.2) is 5.13 Å². The number of anilines is 1. The average molecular weight is 508 g/mol. The SMILES string of the molecule is CCOC(=O)Cc1cccc(CN2CCN(c3nc4ccc(C(F)(F)F)cc4s3)[C@H](COC)C2)c1. The molecule has 0 amide bonds. The highest BCUT2D eigenvalue weighted by Crippen LogP contribution is 2.36. The molecule has 6 nitrogen and oxygen atoms in total. The van der Waals surface area contributed by atoms with Gasteiger partial charge in [0.2, 0.25) is 0 Å². The fourth-order valence-corrected chi connectivity index (χ4v) is 5.44. The zero-order valence-electron chi connectivity index (χ0n) is 19.7. The van der Waals surface area contributed by atoms with E-state index in [-0.39, 0.29) is 18.4 Å². The molecule has 0 bridgehead atoms. The van der Waals surface area contributed by atoms with Crippen LogP contribution in [0.3, 0.4) is 0 Å². The van der Waals surface area contributed by atoms with Crippen LogP contribution < -0.4 is 4.90 Å². The van der Waals surface area contributed by atoms with E-state index >= 15 is 0 Å². The van der Waals surface area contributed by atoms with Gasteiger partial charge in [-0.2, -0.15) is 13.2 Å². The van der Waals surface area contributed by atoms with E-state index in [0.717, 1.165) is 36.8 Å². The minimum absolute atomic E-state index is 0.0131. The van der Waals surface area contributed by atoms with Crippen LogP contribution in [-0.4, -0.2) is 61.9 Å². The topological polar surface area (TPSA) is 54.9 Å². The van der Waals surface area contributed by atoms with Crippen molar-refractivity contribution in [2.45, 2.75) is 32.1 Å². The van der Waals surface area contributed by atoms with Gasteiger partial charge < -0.3 is 14.4 Å². The minimum atomic E-state index is -4.38. The number of ether oxygens (including phenoxy) is 2. The first-order valence-electron chi connectivity index (χ1n) is 11.5. The summed E-state index contributed by atoms with van der Waals surface area (Å²) in [6, 6.07) is 11.6. The van der Waals surface area contributed by atoms with Crippen LogP contribution in [0.4, 0.5) is 18.3 Å². The average Bonchev–Trinajstić information content (AvgIpc) is 3.22. The summed E-state index contributed by atoms with van der Waals surface area (Å²) in [5, 5.41) is 0.706. The molecule has 1 aromatic heterocycles. The summed E-state index contributed by atoms with van der Waals surface area (Å²) in [7, 11) is 1.64. The van der Waals surface area contributed by atoms with E-state index in [2.05, 4.69) is 14.8 Å². The number of benzene rings is 2. The van der Waals surface area contributed by atoms with Crippen molar-refractivity contribution >= 4 is 32.7 Å². The van der Waals surface area contributed by atoms with E-state index in [1.165, 1.54) is 23.5 Å². The molecule has 1 aliphatic rings. The third-order valence-electron chi connectivity index (χ3n) is 5.93. The maximum absolute atomic E-state index is 13.1. The second-order valence-corrected chi connectivity index (χ2v) is 9.53. The molecule has 2 heterocycles. The smallest absolute Gasteiger partial charge is 0.416 e. The van der Waals surface area contributed by atoms with Crippen LogP contribution in [0.5, 0.6) is 0 Å². The summed E-state index contributed by atoms with van der Waals surface area (Å²) in [6.45, 7) is 5.52. The Kier molecular flexibility index (Phi) is 7.93. The molecule has 1 atom stereocenters. The van der Waals surface area contributed by atoms with E-state index in [1.807, 2.05) is 24.3 Å². The quantitative estimate of drug-likeness (QED) is 0.410. The first-order valence-corrected chi connectivity index (χ1v) is 12.3. The standard InChI is InChI=1S/C25H28F3N3O3S/c1-3-34-23(32)12-17-5-4-6-18(11-17)14-30-9-10-31(20(15-30)16-33-2)24-29-21-8-7-19(25(26,27)28)13-22(21)35-24/h4-8,11,13,20H,3,9-10,12,14-16H2,1-2H3/t20-/m0/s1. The summed E-state index contributed by atoms with van der Waals surface area (Å²) in [6.07, 6.45) is -4.13. The van der Waals surface area contributed by atoms with E-state index in [1.54, 1.807) is 14.0 Å². The lowest BCUT2D eigenvalue weighted by Gasteiger charge is -2.41. The number of nitrogens with zero attached hydrogens (tertiary/aromatic N) is 3. The van der Waals surface area contributed by atoms with Gasteiger partial charge in [0.05, 0.1) is 41.5 Å². The first kappa shape index (κ1) is 25.4. The Labute approximate surface area is 206 Å². The van der Waals surface area contributed by atoms with Crippen molar-refractivity contribution < 1.29 is 27.4 Å². The van der Waals surface area contributed by atoms with Crippen LogP contribution in [0.15, 0.2) is 42.5 Å². The lowest BCUT2D eigenvalue weighted by Crippen LogP contribution is -2.54. The van der Waals surface area contributed by atoms with Crippen molar-refractivity contribution in [3.63, 3.8) is 0 Å². The maximum Gasteiger partial charge on any atom is 0.416 e. The number of fused-ring (bicyclic) bond motifs is 1. The molecular formula is C25H28F3N3O3S. The molecule has 2 aromatic carbocycles. The Bertz CT molecular complexity index is 1170. The highest BCUT2D eigenvalue weighted by molar-refractivity contribution is 7.22. The molecular weight excluding hydrogens is 479 g/mol. The minimum Gasteiger partial charge on any atom is -0.466 e. The van der Waals surface area contributed by atoms with Crippen LogP contribution in [0.2, 0.25) is 0 Å². The molecule has 3 aromatic rings. The molecule has 0 saturated carbocycles. The largest absolute Gasteiger partial charge is 0.466 e. The second-order valence-electron chi connectivity index (χ2n) is 8.52. The fourth-order valence-electron chi connectivity index (χ4n) is 4.34. The Morgan fingerprint density at radius 1 is 1.17 bits per heavy atom. The van der Waals surface area contributed by atoms with Gasteiger partial charge in [-0.15, -0.1) is 0 Å². The van der Waals surface area contributed by atoms with Crippen molar-refractivity contribution in [2.75, 3.05) is 44.9 Å². The van der Waals surface area contributed by atoms with Crippen LogP contribution in [0.1, 0.15) is 23.6 Å². The van der Waals surface area contributed by atoms with Gasteiger partial charge in [-0.3, -0.25) is 9.69 Å². The summed E-state index contributed by atoms with van der Waals surface area (Å²) >= 11 is 1.28. The number of carbonyl (C=O) groups excluding carboxylic acids is 1. The number of hydrogen-bond donors (Lipinski definition) is 0. The predicted octanol–water partition coefficient (Wildman–Crippen LogP) is 4.76. The van der Waals surface area contributed by atoms with E-state index in [9.17, 15) is 18.0 Å². The van der Waals surface area contributed by atoms with Gasteiger partial charge in [-0.1, -0.05) is 35.6 Å². The third-order valence-corrected chi connectivity index (χ3v) is 6.98. The van der Waals surface area contributed by atoms with Gasteiger partial charge in [-0.05, 0) is 36.2 Å². The lowest BCUT2D eigenvalue weighted by atomic mass is 10.1. The molecule has 35 heavy (non-hydrogen) atoms. The number of alkyl halides is 3. The first-order chi connectivity index (χ1) is 16.8. The number of piperazine rings is 1. The highest BCUT2D eigenvalue weighted by atomic mass is 32.1. The maximum atomic E-state index is 13.1. The normalized spacial score (nSPS) is 17.2. The zero-order valence-corrected chi connectivity index (χ0v) is 20.5. The van der Waals surface area contributed by atoms with Crippen LogP contribution in [0, 0.1) is 0 Å². The molecule has 1 fully saturated rings. The van der Waals surface area contributed by atoms with Gasteiger partial charge in [-0.25, -0.2) is 4.98 Å². The van der Waals surface area contributed by atoms with Crippen LogP contribution in [0.25, 0.3) is 10.2 Å². The summed E-state index contributed by atoms with van der Waals surface area (Å²) in [5.41, 5.74) is 1.93. The van der Waals surface area contributed by atoms with Crippen LogP contribution in [-0.2, 0) is 33.4 Å². The molecule has 1 aliphatic heterocycles. The molecule has 10 heteroatoms. The second kappa shape index (κ2) is 10.9. The Morgan fingerprint density at radius 2 is 1.97 bits per heavy atom. The molecule has 188 valence electrons. The van der Waals surface area contributed by atoms with Gasteiger partial charge in [0.25, 0.3) is 0 Å². The van der Waals surface area contributed by atoms with Gasteiger partial charge >= 0.3 is 12.1 Å². The van der Waals surface area contributed by atoms with E-state index in [4.69, 9.17) is 9.47 Å². The van der Waals surface area contributed by atoms with Crippen molar-refractivity contribution in [3.8, 4) is 0 Å². The Morgan fingerprint density at radius 3 is 2.71 bits per heavy atom. The molecule has 0 radical (unpaired) electrons. The molecule has 0 spiro atoms. The summed E-state index contributed by atoms with van der Waals surface area (Å²) in [5.74, 6) is -0.239. The Balaban J connectivity index is 1.46. The monoisotopic (exact) mass is 507 g/mol. The highest BCUT2D eigenvalue weighted by Gasteiger charge is 2.32. The number of rotatable bonds is 8. The molecule has 0 aliphatic carbocycles. The number of carbonyl (C=O) groups is 1. The number of aromatic nitrogens is 1. The molecule has 0 unspecified atom stereocenters. The third kappa shape index (κ3) is 6.31. The molecule has 4 rings (SSSR count). The summed E-state index contributed by atoms with van der Waals surface area (Å²) < 4.78 is 50.4. The predicted molar refractivity (Wildman–Crippen MR) is 130 cm³/mol. The summed E-state index contributed by atoms with van der Waals surface area (Å²) in [4.78, 5) is 20.9. The number of hydrogen-bond acceptors (Lipinski definition) is 7. The molecule has 1 saturated heterocycles.